The minimum atomic E-state index is -0.360. The number of methoxy groups -OCH3 is 1. The lowest BCUT2D eigenvalue weighted by molar-refractivity contribution is -0.130. The average Bonchev–Trinajstić information content (AvgIpc) is 2.53. The van der Waals surface area contributed by atoms with Crippen LogP contribution in [-0.2, 0) is 9.53 Å². The summed E-state index contributed by atoms with van der Waals surface area (Å²) in [4.78, 5) is 25.2. The van der Waals surface area contributed by atoms with Crippen LogP contribution < -0.4 is 5.32 Å². The number of esters is 1. The maximum Gasteiger partial charge on any atom is 0.337 e. The quantitative estimate of drug-likeness (QED) is 0.853. The Hall–Kier alpha value is -2.04. The number of carbonyl (C=O) groups excluding carboxylic acids is 2. The number of anilines is 1. The summed E-state index contributed by atoms with van der Waals surface area (Å²) in [6.45, 7) is 2.02. The van der Waals surface area contributed by atoms with E-state index in [1.54, 1.807) is 24.3 Å². The van der Waals surface area contributed by atoms with Gasteiger partial charge in [-0.1, -0.05) is 0 Å². The number of hydrogen-bond donors (Lipinski definition) is 1. The Morgan fingerprint density at radius 2 is 1.80 bits per heavy atom. The summed E-state index contributed by atoms with van der Waals surface area (Å²) < 4.78 is 4.63. The normalized spacial score (nSPS) is 14.8. The lowest BCUT2D eigenvalue weighted by Crippen LogP contribution is -2.39. The SMILES string of the molecule is COC(=O)c1ccc(NCC(=O)N2CCCCC2)cc1. The molecule has 1 aromatic carbocycles. The Kier molecular flexibility index (Phi) is 4.98. The van der Waals surface area contributed by atoms with Gasteiger partial charge >= 0.3 is 5.97 Å². The van der Waals surface area contributed by atoms with E-state index in [1.807, 2.05) is 4.90 Å². The summed E-state index contributed by atoms with van der Waals surface area (Å²) in [5.74, 6) is -0.234. The number of hydrogen-bond acceptors (Lipinski definition) is 4. The summed E-state index contributed by atoms with van der Waals surface area (Å²) in [6.07, 6.45) is 3.41. The fourth-order valence-corrected chi connectivity index (χ4v) is 2.27. The monoisotopic (exact) mass is 276 g/mol. The van der Waals surface area contributed by atoms with Crippen LogP contribution in [0, 0.1) is 0 Å². The van der Waals surface area contributed by atoms with Crippen LogP contribution in [0.2, 0.25) is 0 Å². The third kappa shape index (κ3) is 3.73. The second-order valence-electron chi connectivity index (χ2n) is 4.86. The van der Waals surface area contributed by atoms with Crippen molar-refractivity contribution in [3.63, 3.8) is 0 Å². The number of nitrogens with zero attached hydrogens (tertiary/aromatic N) is 1. The number of likely N-dealkylation sites (tertiary alicyclic amines) is 1. The predicted molar refractivity (Wildman–Crippen MR) is 76.7 cm³/mol. The summed E-state index contributed by atoms with van der Waals surface area (Å²) >= 11 is 0. The number of amides is 1. The van der Waals surface area contributed by atoms with Gasteiger partial charge in [0.2, 0.25) is 5.91 Å². The summed E-state index contributed by atoms with van der Waals surface area (Å²) in [5, 5.41) is 3.08. The molecule has 0 radical (unpaired) electrons. The standard InChI is InChI=1S/C15H20N2O3/c1-20-15(19)12-5-7-13(8-6-12)16-11-14(18)17-9-3-2-4-10-17/h5-8,16H,2-4,9-11H2,1H3. The van der Waals surface area contributed by atoms with Crippen LogP contribution in [0.15, 0.2) is 24.3 Å². The van der Waals surface area contributed by atoms with Gasteiger partial charge in [-0.3, -0.25) is 4.79 Å². The van der Waals surface area contributed by atoms with E-state index < -0.39 is 0 Å². The van der Waals surface area contributed by atoms with Crippen molar-refractivity contribution in [2.24, 2.45) is 0 Å². The molecule has 0 spiro atoms. The van der Waals surface area contributed by atoms with Crippen molar-refractivity contribution < 1.29 is 14.3 Å². The third-order valence-electron chi connectivity index (χ3n) is 3.46. The zero-order chi connectivity index (χ0) is 14.4. The van der Waals surface area contributed by atoms with Gasteiger partial charge in [0.05, 0.1) is 19.2 Å². The summed E-state index contributed by atoms with van der Waals surface area (Å²) in [6, 6.07) is 6.91. The van der Waals surface area contributed by atoms with Crippen molar-refractivity contribution in [2.45, 2.75) is 19.3 Å². The number of nitrogens with one attached hydrogen (secondary N) is 1. The van der Waals surface area contributed by atoms with E-state index in [2.05, 4.69) is 10.1 Å². The van der Waals surface area contributed by atoms with Crippen molar-refractivity contribution in [2.75, 3.05) is 32.1 Å². The predicted octanol–water partition coefficient (Wildman–Crippen LogP) is 1.90. The Labute approximate surface area is 118 Å². The average molecular weight is 276 g/mol. The third-order valence-corrected chi connectivity index (χ3v) is 3.46. The molecule has 1 saturated heterocycles. The van der Waals surface area contributed by atoms with Gasteiger partial charge in [-0.15, -0.1) is 0 Å². The van der Waals surface area contributed by atoms with Crippen molar-refractivity contribution in [3.8, 4) is 0 Å². The van der Waals surface area contributed by atoms with E-state index in [9.17, 15) is 9.59 Å². The molecule has 1 aliphatic rings. The van der Waals surface area contributed by atoms with Crippen LogP contribution >= 0.6 is 0 Å². The Morgan fingerprint density at radius 1 is 1.15 bits per heavy atom. The van der Waals surface area contributed by atoms with Gasteiger partial charge in [-0.25, -0.2) is 4.79 Å². The van der Waals surface area contributed by atoms with Crippen LogP contribution in [-0.4, -0.2) is 43.5 Å². The van der Waals surface area contributed by atoms with Gasteiger partial charge in [-0.05, 0) is 43.5 Å². The molecular formula is C15H20N2O3. The molecule has 1 fully saturated rings. The summed E-state index contributed by atoms with van der Waals surface area (Å²) in [5.41, 5.74) is 1.32. The number of carbonyl (C=O) groups is 2. The molecule has 0 aliphatic carbocycles. The Balaban J connectivity index is 1.84. The molecule has 1 N–H and O–H groups in total. The van der Waals surface area contributed by atoms with E-state index in [1.165, 1.54) is 13.5 Å². The number of piperidine rings is 1. The lowest BCUT2D eigenvalue weighted by Gasteiger charge is -2.26. The second-order valence-corrected chi connectivity index (χ2v) is 4.86. The van der Waals surface area contributed by atoms with E-state index in [0.717, 1.165) is 31.6 Å². The molecular weight excluding hydrogens is 256 g/mol. The van der Waals surface area contributed by atoms with Crippen molar-refractivity contribution in [3.05, 3.63) is 29.8 Å². The van der Waals surface area contributed by atoms with Gasteiger partial charge in [0, 0.05) is 18.8 Å². The lowest BCUT2D eigenvalue weighted by atomic mass is 10.1. The Bertz CT molecular complexity index is 465. The van der Waals surface area contributed by atoms with Gasteiger partial charge in [0.1, 0.15) is 0 Å². The number of benzene rings is 1. The topological polar surface area (TPSA) is 58.6 Å². The van der Waals surface area contributed by atoms with Gasteiger partial charge in [-0.2, -0.15) is 0 Å². The first-order chi connectivity index (χ1) is 9.70. The molecule has 5 heteroatoms. The zero-order valence-corrected chi connectivity index (χ0v) is 11.7. The molecule has 1 heterocycles. The molecule has 108 valence electrons. The first-order valence-electron chi connectivity index (χ1n) is 6.91. The smallest absolute Gasteiger partial charge is 0.337 e. The summed E-state index contributed by atoms with van der Waals surface area (Å²) in [7, 11) is 1.35. The first kappa shape index (κ1) is 14.4. The minimum Gasteiger partial charge on any atom is -0.465 e. The largest absolute Gasteiger partial charge is 0.465 e. The molecule has 0 saturated carbocycles. The van der Waals surface area contributed by atoms with Gasteiger partial charge < -0.3 is 15.0 Å². The van der Waals surface area contributed by atoms with E-state index in [0.29, 0.717) is 5.56 Å². The van der Waals surface area contributed by atoms with E-state index in [4.69, 9.17) is 0 Å². The van der Waals surface area contributed by atoms with Gasteiger partial charge in [0.25, 0.3) is 0 Å². The second kappa shape index (κ2) is 6.93. The maximum absolute atomic E-state index is 12.0. The van der Waals surface area contributed by atoms with Crippen LogP contribution in [0.5, 0.6) is 0 Å². The molecule has 0 unspecified atom stereocenters. The van der Waals surface area contributed by atoms with E-state index in [-0.39, 0.29) is 18.4 Å². The highest BCUT2D eigenvalue weighted by Crippen LogP contribution is 2.12. The van der Waals surface area contributed by atoms with Crippen LogP contribution in [0.3, 0.4) is 0 Å². The number of ether oxygens (including phenoxy) is 1. The molecule has 20 heavy (non-hydrogen) atoms. The molecule has 0 atom stereocenters. The molecule has 1 aliphatic heterocycles. The van der Waals surface area contributed by atoms with Crippen LogP contribution in [0.4, 0.5) is 5.69 Å². The highest BCUT2D eigenvalue weighted by atomic mass is 16.5. The fourth-order valence-electron chi connectivity index (χ4n) is 2.27. The van der Waals surface area contributed by atoms with Gasteiger partial charge in [0.15, 0.2) is 0 Å². The van der Waals surface area contributed by atoms with E-state index >= 15 is 0 Å². The molecule has 1 aromatic rings. The van der Waals surface area contributed by atoms with Crippen LogP contribution in [0.25, 0.3) is 0 Å². The Morgan fingerprint density at radius 3 is 2.40 bits per heavy atom. The molecule has 0 aromatic heterocycles. The van der Waals surface area contributed by atoms with Crippen molar-refractivity contribution in [1.29, 1.82) is 0 Å². The first-order valence-corrected chi connectivity index (χ1v) is 6.91. The molecule has 1 amide bonds. The zero-order valence-electron chi connectivity index (χ0n) is 11.7. The molecule has 5 nitrogen and oxygen atoms in total. The van der Waals surface area contributed by atoms with Crippen molar-refractivity contribution in [1.82, 2.24) is 4.90 Å². The highest BCUT2D eigenvalue weighted by molar-refractivity contribution is 5.89. The highest BCUT2D eigenvalue weighted by Gasteiger charge is 2.15. The number of rotatable bonds is 4. The van der Waals surface area contributed by atoms with Crippen LogP contribution in [0.1, 0.15) is 29.6 Å². The molecule has 2 rings (SSSR count). The maximum atomic E-state index is 12.0. The molecule has 0 bridgehead atoms. The fraction of sp³-hybridized carbons (Fsp3) is 0.467. The minimum absolute atomic E-state index is 0.127. The van der Waals surface area contributed by atoms with Crippen molar-refractivity contribution >= 4 is 17.6 Å².